The standard InChI is InChI=1S/2C31H34F3N5O4/c2*1-5-43-26-9-7-6-8-23(26)25(18-40)37-14-15-38(19(2)17-37)30(41)24-16-35-39-28(31(32,33)34)20(3)27(36-29(24)39)21-10-12-22(42-4)13-11-21/h2*6-13,16,19,25,40H,5,14-15,17-18H2,1-4H3/t19-,25+;19-,25-/m11/s1. The number of ether oxygens (including phenoxy) is 4. The predicted molar refractivity (Wildman–Crippen MR) is 308 cm³/mol. The maximum atomic E-state index is 14.4. The molecule has 0 aliphatic carbocycles. The van der Waals surface area contributed by atoms with Gasteiger partial charge in [-0.2, -0.15) is 36.5 Å². The molecule has 2 amide bonds. The molecule has 6 heterocycles. The van der Waals surface area contributed by atoms with Crippen LogP contribution in [0.1, 0.15) is 94.1 Å². The van der Waals surface area contributed by atoms with Crippen molar-refractivity contribution >= 4 is 23.1 Å². The molecule has 0 saturated carbocycles. The molecule has 0 spiro atoms. The Morgan fingerprint density at radius 1 is 0.570 bits per heavy atom. The van der Waals surface area contributed by atoms with Gasteiger partial charge in [-0.25, -0.2) is 19.0 Å². The van der Waals surface area contributed by atoms with Crippen LogP contribution < -0.4 is 18.9 Å². The van der Waals surface area contributed by atoms with E-state index in [-0.39, 0.29) is 82.3 Å². The second-order valence-corrected chi connectivity index (χ2v) is 20.9. The molecular formula is C62H68F6N10O8. The Labute approximate surface area is 493 Å². The molecule has 4 aromatic heterocycles. The molecule has 10 rings (SSSR count). The molecule has 2 saturated heterocycles. The lowest BCUT2D eigenvalue weighted by molar-refractivity contribution is -0.144. The van der Waals surface area contributed by atoms with Gasteiger partial charge in [0.05, 0.1) is 76.5 Å². The van der Waals surface area contributed by atoms with Crippen LogP contribution in [-0.2, 0) is 12.4 Å². The number of rotatable bonds is 16. The van der Waals surface area contributed by atoms with Crippen molar-refractivity contribution in [2.24, 2.45) is 0 Å². The van der Waals surface area contributed by atoms with Gasteiger partial charge >= 0.3 is 12.4 Å². The summed E-state index contributed by atoms with van der Waals surface area (Å²) < 4.78 is 109. The van der Waals surface area contributed by atoms with E-state index in [4.69, 9.17) is 18.9 Å². The van der Waals surface area contributed by atoms with Crippen LogP contribution in [0.15, 0.2) is 109 Å². The van der Waals surface area contributed by atoms with Gasteiger partial charge in [-0.15, -0.1) is 0 Å². The lowest BCUT2D eigenvalue weighted by Crippen LogP contribution is -2.55. The highest BCUT2D eigenvalue weighted by Crippen LogP contribution is 2.40. The average Bonchev–Trinajstić information content (AvgIpc) is 1.98. The van der Waals surface area contributed by atoms with Gasteiger partial charge in [0.1, 0.15) is 34.1 Å². The van der Waals surface area contributed by atoms with E-state index in [9.17, 15) is 46.1 Å². The highest BCUT2D eigenvalue weighted by Gasteiger charge is 2.42. The van der Waals surface area contributed by atoms with Gasteiger partial charge in [-0.1, -0.05) is 36.4 Å². The fourth-order valence-corrected chi connectivity index (χ4v) is 11.5. The zero-order chi connectivity index (χ0) is 61.8. The number of methoxy groups -OCH3 is 2. The molecule has 2 aliphatic rings. The van der Waals surface area contributed by atoms with E-state index in [1.54, 1.807) is 58.3 Å². The SMILES string of the molecule is CCOc1ccccc1[C@@H](CO)N1CCN(C(=O)c2cnn3c(C(F)(F)F)c(C)c(-c4ccc(OC)cc4)nc23)[C@H](C)C1.CCOc1ccccc1[C@H](CO)N1CCN(C(=O)c2cnn3c(C(F)(F)F)c(C)c(-c4ccc(OC)cc4)nc23)[C@H](C)C1. The third-order valence-electron chi connectivity index (χ3n) is 15.7. The zero-order valence-electron chi connectivity index (χ0n) is 48.9. The summed E-state index contributed by atoms with van der Waals surface area (Å²) in [6.07, 6.45) is -7.17. The Kier molecular flexibility index (Phi) is 18.9. The summed E-state index contributed by atoms with van der Waals surface area (Å²) in [4.78, 5) is 44.3. The Bertz CT molecular complexity index is 3450. The summed E-state index contributed by atoms with van der Waals surface area (Å²) in [7, 11) is 3.00. The summed E-state index contributed by atoms with van der Waals surface area (Å²) in [6, 6.07) is 26.9. The second kappa shape index (κ2) is 26.1. The van der Waals surface area contributed by atoms with Gasteiger partial charge in [0.15, 0.2) is 22.7 Å². The van der Waals surface area contributed by atoms with E-state index in [0.717, 1.165) is 23.5 Å². The third kappa shape index (κ3) is 12.5. The summed E-state index contributed by atoms with van der Waals surface area (Å²) in [5.41, 5.74) is 0.295. The molecule has 0 unspecified atom stereocenters. The molecule has 2 fully saturated rings. The maximum Gasteiger partial charge on any atom is 0.433 e. The van der Waals surface area contributed by atoms with E-state index in [1.165, 1.54) is 28.1 Å². The number of amides is 2. The van der Waals surface area contributed by atoms with Gasteiger partial charge in [-0.05, 0) is 102 Å². The lowest BCUT2D eigenvalue weighted by Gasteiger charge is -2.43. The molecule has 0 bridgehead atoms. The van der Waals surface area contributed by atoms with Crippen LogP contribution >= 0.6 is 0 Å². The molecule has 24 heteroatoms. The van der Waals surface area contributed by atoms with Crippen molar-refractivity contribution in [1.82, 2.24) is 48.8 Å². The van der Waals surface area contributed by atoms with Crippen LogP contribution in [0.3, 0.4) is 0 Å². The smallest absolute Gasteiger partial charge is 0.433 e. The van der Waals surface area contributed by atoms with E-state index < -0.39 is 35.6 Å². The number of para-hydroxylation sites is 2. The van der Waals surface area contributed by atoms with Crippen LogP contribution in [0.25, 0.3) is 33.8 Å². The fraction of sp³-hybridized carbons (Fsp3) is 0.387. The van der Waals surface area contributed by atoms with Crippen molar-refractivity contribution in [2.45, 2.75) is 78.1 Å². The number of carbonyl (C=O) groups is 2. The van der Waals surface area contributed by atoms with Crippen molar-refractivity contribution in [3.63, 3.8) is 0 Å². The average molecular weight is 1200 g/mol. The highest BCUT2D eigenvalue weighted by molar-refractivity contribution is 6.01. The van der Waals surface area contributed by atoms with Crippen LogP contribution in [-0.4, -0.2) is 163 Å². The molecule has 2 N–H and O–H groups in total. The first-order valence-electron chi connectivity index (χ1n) is 28.1. The molecular weight excluding hydrogens is 1130 g/mol. The van der Waals surface area contributed by atoms with Crippen LogP contribution in [0, 0.1) is 13.8 Å². The van der Waals surface area contributed by atoms with Gasteiger partial charge in [0, 0.05) is 84.7 Å². The van der Waals surface area contributed by atoms with Crippen molar-refractivity contribution in [2.75, 3.05) is 79.9 Å². The van der Waals surface area contributed by atoms with E-state index in [1.807, 2.05) is 76.2 Å². The number of fused-ring (bicyclic) bond motifs is 2. The van der Waals surface area contributed by atoms with Crippen molar-refractivity contribution in [1.29, 1.82) is 0 Å². The Hall–Kier alpha value is -8.32. The van der Waals surface area contributed by atoms with Gasteiger partial charge in [0.2, 0.25) is 0 Å². The van der Waals surface area contributed by atoms with Crippen molar-refractivity contribution < 1.29 is 65.1 Å². The number of carbonyl (C=O) groups excluding carboxylic acids is 2. The third-order valence-corrected chi connectivity index (χ3v) is 15.7. The first-order chi connectivity index (χ1) is 41.2. The molecule has 0 radical (unpaired) electrons. The number of benzene rings is 4. The number of nitrogens with zero attached hydrogens (tertiary/aromatic N) is 10. The summed E-state index contributed by atoms with van der Waals surface area (Å²) in [6.45, 7) is 13.3. The largest absolute Gasteiger partial charge is 0.497 e. The summed E-state index contributed by atoms with van der Waals surface area (Å²) in [5, 5.41) is 28.6. The van der Waals surface area contributed by atoms with E-state index >= 15 is 0 Å². The van der Waals surface area contributed by atoms with Crippen molar-refractivity contribution in [3.8, 4) is 45.5 Å². The van der Waals surface area contributed by atoms with Crippen LogP contribution in [0.2, 0.25) is 0 Å². The topological polar surface area (TPSA) is 185 Å². The van der Waals surface area contributed by atoms with Crippen LogP contribution in [0.5, 0.6) is 23.0 Å². The number of alkyl halides is 6. The molecule has 8 aromatic rings. The van der Waals surface area contributed by atoms with E-state index in [2.05, 4.69) is 30.0 Å². The van der Waals surface area contributed by atoms with Gasteiger partial charge < -0.3 is 39.0 Å². The minimum Gasteiger partial charge on any atom is -0.497 e. The molecule has 4 atom stereocenters. The minimum absolute atomic E-state index is 0.0130. The number of aliphatic hydroxyl groups is 2. The number of aliphatic hydroxyl groups excluding tert-OH is 2. The minimum atomic E-state index is -4.74. The number of hydrogen-bond acceptors (Lipinski definition) is 14. The monoisotopic (exact) mass is 1190 g/mol. The molecule has 4 aromatic carbocycles. The maximum absolute atomic E-state index is 14.4. The number of aromatic nitrogens is 6. The molecule has 456 valence electrons. The fourth-order valence-electron chi connectivity index (χ4n) is 11.5. The molecule has 18 nitrogen and oxygen atoms in total. The molecule has 86 heavy (non-hydrogen) atoms. The number of hydrogen-bond donors (Lipinski definition) is 2. The first kappa shape index (κ1) is 62.2. The number of piperazine rings is 2. The molecule has 2 aliphatic heterocycles. The number of halogens is 6. The Morgan fingerprint density at radius 2 is 0.930 bits per heavy atom. The van der Waals surface area contributed by atoms with Crippen LogP contribution in [0.4, 0.5) is 26.3 Å². The normalized spacial score (nSPS) is 16.8. The lowest BCUT2D eigenvalue weighted by atomic mass is 10.0. The second-order valence-electron chi connectivity index (χ2n) is 20.9. The predicted octanol–water partition coefficient (Wildman–Crippen LogP) is 10.0. The van der Waals surface area contributed by atoms with Gasteiger partial charge in [0.25, 0.3) is 11.8 Å². The Balaban J connectivity index is 0.000000205. The van der Waals surface area contributed by atoms with E-state index in [0.29, 0.717) is 95.6 Å². The quantitative estimate of drug-likeness (QED) is 0.0871. The summed E-state index contributed by atoms with van der Waals surface area (Å²) in [5.74, 6) is 1.57. The summed E-state index contributed by atoms with van der Waals surface area (Å²) >= 11 is 0. The Morgan fingerprint density at radius 3 is 1.24 bits per heavy atom. The zero-order valence-corrected chi connectivity index (χ0v) is 48.9. The highest BCUT2D eigenvalue weighted by atomic mass is 19.4. The van der Waals surface area contributed by atoms with Gasteiger partial charge in [-0.3, -0.25) is 19.4 Å². The first-order valence-corrected chi connectivity index (χ1v) is 28.1. The van der Waals surface area contributed by atoms with Crippen molar-refractivity contribution in [3.05, 3.63) is 154 Å².